The van der Waals surface area contributed by atoms with E-state index in [2.05, 4.69) is 24.3 Å². The molecule has 114 valence electrons. The second-order valence-corrected chi connectivity index (χ2v) is 5.98. The van der Waals surface area contributed by atoms with Gasteiger partial charge < -0.3 is 10.1 Å². The zero-order chi connectivity index (χ0) is 14.5. The third-order valence-corrected chi connectivity index (χ3v) is 4.16. The first kappa shape index (κ1) is 15.8. The van der Waals surface area contributed by atoms with Gasteiger partial charge in [0.1, 0.15) is 0 Å². The molecule has 1 aromatic heterocycles. The predicted molar refractivity (Wildman–Crippen MR) is 82.1 cm³/mol. The van der Waals surface area contributed by atoms with Crippen molar-refractivity contribution < 1.29 is 4.74 Å². The summed E-state index contributed by atoms with van der Waals surface area (Å²) in [5.41, 5.74) is 1.08. The summed E-state index contributed by atoms with van der Waals surface area (Å²) in [5, 5.41) is 8.78. The lowest BCUT2D eigenvalue weighted by Gasteiger charge is -2.28. The van der Waals surface area contributed by atoms with Gasteiger partial charge in [0, 0.05) is 13.7 Å². The number of nitrogens with zero attached hydrogens (tertiary/aromatic N) is 2. The second kappa shape index (κ2) is 7.43. The van der Waals surface area contributed by atoms with Gasteiger partial charge in [0.15, 0.2) is 0 Å². The van der Waals surface area contributed by atoms with E-state index in [0.29, 0.717) is 5.92 Å². The van der Waals surface area contributed by atoms with Crippen LogP contribution in [0.25, 0.3) is 0 Å². The highest BCUT2D eigenvalue weighted by Crippen LogP contribution is 2.41. The smallest absolute Gasteiger partial charge is 0.0835 e. The van der Waals surface area contributed by atoms with E-state index in [1.54, 1.807) is 13.3 Å². The molecule has 5 heteroatoms. The van der Waals surface area contributed by atoms with Gasteiger partial charge in [0.25, 0.3) is 0 Å². The molecule has 2 rings (SSSR count). The van der Waals surface area contributed by atoms with Crippen LogP contribution in [0.3, 0.4) is 0 Å². The molecule has 1 N–H and O–H groups in total. The maximum atomic E-state index is 6.40. The van der Waals surface area contributed by atoms with Gasteiger partial charge in [-0.1, -0.05) is 25.4 Å². The largest absolute Gasteiger partial charge is 0.379 e. The normalized spacial score (nSPS) is 18.2. The van der Waals surface area contributed by atoms with E-state index in [9.17, 15) is 0 Å². The van der Waals surface area contributed by atoms with Crippen molar-refractivity contribution in [3.05, 3.63) is 16.9 Å². The summed E-state index contributed by atoms with van der Waals surface area (Å²) in [6, 6.07) is 0.133. The molecule has 1 aromatic rings. The molecule has 1 aliphatic rings. The highest BCUT2D eigenvalue weighted by molar-refractivity contribution is 6.31. The van der Waals surface area contributed by atoms with Crippen LogP contribution >= 0.6 is 11.6 Å². The van der Waals surface area contributed by atoms with Gasteiger partial charge in [-0.2, -0.15) is 5.10 Å². The number of methoxy groups -OCH3 is 1. The molecule has 4 nitrogen and oxygen atoms in total. The number of halogens is 1. The summed E-state index contributed by atoms with van der Waals surface area (Å²) < 4.78 is 7.81. The average Bonchev–Trinajstić information content (AvgIpc) is 3.21. The summed E-state index contributed by atoms with van der Waals surface area (Å²) in [4.78, 5) is 0. The maximum Gasteiger partial charge on any atom is 0.0835 e. The fourth-order valence-electron chi connectivity index (χ4n) is 2.76. The van der Waals surface area contributed by atoms with Gasteiger partial charge in [-0.05, 0) is 38.1 Å². The summed E-state index contributed by atoms with van der Waals surface area (Å²) in [6.45, 7) is 6.19. The number of aromatic nitrogens is 2. The van der Waals surface area contributed by atoms with Gasteiger partial charge in [-0.15, -0.1) is 0 Å². The van der Waals surface area contributed by atoms with Crippen LogP contribution in [-0.2, 0) is 11.3 Å². The summed E-state index contributed by atoms with van der Waals surface area (Å²) in [5.74, 6) is 0.649. The topological polar surface area (TPSA) is 39.1 Å². The molecule has 0 radical (unpaired) electrons. The van der Waals surface area contributed by atoms with E-state index >= 15 is 0 Å². The number of hydrogen-bond acceptors (Lipinski definition) is 3. The second-order valence-electron chi connectivity index (χ2n) is 5.57. The van der Waals surface area contributed by atoms with Crippen LogP contribution in [0.4, 0.5) is 0 Å². The Bertz CT molecular complexity index is 417. The Morgan fingerprint density at radius 3 is 2.75 bits per heavy atom. The van der Waals surface area contributed by atoms with Crippen LogP contribution in [-0.4, -0.2) is 29.5 Å². The van der Waals surface area contributed by atoms with E-state index in [1.807, 2.05) is 4.68 Å². The van der Waals surface area contributed by atoms with Crippen molar-refractivity contribution in [2.75, 3.05) is 13.7 Å². The van der Waals surface area contributed by atoms with Gasteiger partial charge in [0.2, 0.25) is 0 Å². The summed E-state index contributed by atoms with van der Waals surface area (Å²) >= 11 is 6.40. The van der Waals surface area contributed by atoms with Gasteiger partial charge >= 0.3 is 0 Å². The lowest BCUT2D eigenvalue weighted by atomic mass is 10.0. The minimum absolute atomic E-state index is 0.133. The Balaban J connectivity index is 2.26. The van der Waals surface area contributed by atoms with Crippen molar-refractivity contribution in [3.63, 3.8) is 0 Å². The Hall–Kier alpha value is -0.580. The number of ether oxygens (including phenoxy) is 1. The van der Waals surface area contributed by atoms with Crippen LogP contribution in [0.5, 0.6) is 0 Å². The van der Waals surface area contributed by atoms with Crippen LogP contribution < -0.4 is 5.32 Å². The Morgan fingerprint density at radius 2 is 2.20 bits per heavy atom. The van der Waals surface area contributed by atoms with Crippen molar-refractivity contribution in [2.45, 2.75) is 58.2 Å². The van der Waals surface area contributed by atoms with Crippen LogP contribution in [0, 0.1) is 5.92 Å². The molecule has 1 heterocycles. The predicted octanol–water partition coefficient (Wildman–Crippen LogP) is 3.41. The molecular weight excluding hydrogens is 274 g/mol. The number of hydrogen-bond donors (Lipinski definition) is 1. The SMILES string of the molecule is CCCNC(c1c(Cl)cnn1CCC)C(OC)C1CC1. The van der Waals surface area contributed by atoms with Crippen molar-refractivity contribution in [2.24, 2.45) is 5.92 Å². The quantitative estimate of drug-likeness (QED) is 0.759. The third-order valence-electron chi connectivity index (χ3n) is 3.86. The zero-order valence-corrected chi connectivity index (χ0v) is 13.5. The Labute approximate surface area is 126 Å². The number of nitrogens with one attached hydrogen (secondary N) is 1. The molecule has 1 saturated carbocycles. The molecular formula is C15H26ClN3O. The first-order valence-corrected chi connectivity index (χ1v) is 8.08. The van der Waals surface area contributed by atoms with Crippen molar-refractivity contribution in [1.29, 1.82) is 0 Å². The number of aryl methyl sites for hydroxylation is 1. The van der Waals surface area contributed by atoms with E-state index in [0.717, 1.165) is 36.6 Å². The first-order valence-electron chi connectivity index (χ1n) is 7.70. The van der Waals surface area contributed by atoms with Crippen molar-refractivity contribution in [1.82, 2.24) is 15.1 Å². The van der Waals surface area contributed by atoms with Crippen molar-refractivity contribution in [3.8, 4) is 0 Å². The zero-order valence-electron chi connectivity index (χ0n) is 12.7. The monoisotopic (exact) mass is 299 g/mol. The maximum absolute atomic E-state index is 6.40. The average molecular weight is 300 g/mol. The fraction of sp³-hybridized carbons (Fsp3) is 0.800. The molecule has 0 bridgehead atoms. The van der Waals surface area contributed by atoms with Crippen LogP contribution in [0.15, 0.2) is 6.20 Å². The van der Waals surface area contributed by atoms with Crippen LogP contribution in [0.2, 0.25) is 5.02 Å². The van der Waals surface area contributed by atoms with E-state index in [1.165, 1.54) is 12.8 Å². The Morgan fingerprint density at radius 1 is 1.45 bits per heavy atom. The highest BCUT2D eigenvalue weighted by Gasteiger charge is 2.39. The molecule has 1 aliphatic carbocycles. The van der Waals surface area contributed by atoms with Gasteiger partial charge in [-0.3, -0.25) is 4.68 Å². The molecule has 0 aliphatic heterocycles. The highest BCUT2D eigenvalue weighted by atomic mass is 35.5. The molecule has 0 amide bonds. The lowest BCUT2D eigenvalue weighted by molar-refractivity contribution is 0.0479. The molecule has 0 saturated heterocycles. The molecule has 0 aromatic carbocycles. The molecule has 2 atom stereocenters. The standard InChI is InChI=1S/C15H26ClN3O/c1-4-8-17-13(15(20-3)11-6-7-11)14-12(16)10-18-19(14)9-5-2/h10-11,13,15,17H,4-9H2,1-3H3. The first-order chi connectivity index (χ1) is 9.72. The molecule has 0 spiro atoms. The Kier molecular flexibility index (Phi) is 5.87. The minimum Gasteiger partial charge on any atom is -0.379 e. The molecule has 20 heavy (non-hydrogen) atoms. The van der Waals surface area contributed by atoms with Gasteiger partial charge in [0.05, 0.1) is 29.1 Å². The van der Waals surface area contributed by atoms with Gasteiger partial charge in [-0.25, -0.2) is 0 Å². The van der Waals surface area contributed by atoms with E-state index < -0.39 is 0 Å². The minimum atomic E-state index is 0.133. The summed E-state index contributed by atoms with van der Waals surface area (Å²) in [7, 11) is 1.80. The number of rotatable bonds is 9. The molecule has 2 unspecified atom stereocenters. The lowest BCUT2D eigenvalue weighted by Crippen LogP contribution is -2.37. The summed E-state index contributed by atoms with van der Waals surface area (Å²) in [6.07, 6.45) is 6.59. The fourth-order valence-corrected chi connectivity index (χ4v) is 3.02. The van der Waals surface area contributed by atoms with E-state index in [4.69, 9.17) is 16.3 Å². The van der Waals surface area contributed by atoms with Crippen molar-refractivity contribution >= 4 is 11.6 Å². The van der Waals surface area contributed by atoms with Crippen LogP contribution in [0.1, 0.15) is 51.3 Å². The third kappa shape index (κ3) is 3.54. The van der Waals surface area contributed by atoms with E-state index in [-0.39, 0.29) is 12.1 Å². The molecule has 1 fully saturated rings.